The zero-order valence-corrected chi connectivity index (χ0v) is 22.8. The van der Waals surface area contributed by atoms with E-state index in [0.29, 0.717) is 44.1 Å². The molecule has 0 spiro atoms. The average Bonchev–Trinajstić information content (AvgIpc) is 3.40. The van der Waals surface area contributed by atoms with Crippen molar-refractivity contribution in [3.8, 4) is 17.2 Å². The topological polar surface area (TPSA) is 93.1 Å². The number of aliphatic hydroxyl groups is 1. The molecule has 0 bridgehead atoms. The van der Waals surface area contributed by atoms with E-state index in [4.69, 9.17) is 37.4 Å². The van der Waals surface area contributed by atoms with E-state index in [-0.39, 0.29) is 12.1 Å². The van der Waals surface area contributed by atoms with Gasteiger partial charge in [-0.25, -0.2) is 4.39 Å². The largest absolute Gasteiger partial charge is 0.505 e. The van der Waals surface area contributed by atoms with Gasteiger partial charge in [0.05, 0.1) is 40.9 Å². The number of nitrogens with zero attached hydrogens (tertiary/aromatic N) is 1. The van der Waals surface area contributed by atoms with Crippen molar-refractivity contribution in [2.24, 2.45) is 0 Å². The molecule has 2 heterocycles. The number of methoxy groups -OCH3 is 2. The van der Waals surface area contributed by atoms with Crippen LogP contribution in [0.4, 0.5) is 10.1 Å². The highest BCUT2D eigenvalue weighted by Gasteiger charge is 2.24. The van der Waals surface area contributed by atoms with E-state index in [1.807, 2.05) is 12.1 Å². The molecule has 4 aromatic rings. The van der Waals surface area contributed by atoms with Crippen LogP contribution in [-0.2, 0) is 17.7 Å². The standard InChI is InChI=1S/C27H25Cl2FN2O5S/c1-35-22-8-6-15(10-24(22)36-2)23(11-17-18(28)13-31-14-19(17)29)37-27(34)25-9-7-16(38-25)12-32-20-4-3-5-21(33)26(20)30/h3-10,13-14,23,27,32-34H,11-12H2,1-2H3/t23-,27?/m0/s1. The fourth-order valence-electron chi connectivity index (χ4n) is 3.80. The molecule has 0 saturated heterocycles. The number of aromatic hydroxyl groups is 1. The molecule has 0 saturated carbocycles. The first-order valence-electron chi connectivity index (χ1n) is 11.4. The molecule has 200 valence electrons. The molecule has 11 heteroatoms. The predicted octanol–water partition coefficient (Wildman–Crippen LogP) is 6.92. The maximum atomic E-state index is 14.1. The highest BCUT2D eigenvalue weighted by molar-refractivity contribution is 7.12. The molecule has 0 fully saturated rings. The Labute approximate surface area is 233 Å². The third kappa shape index (κ3) is 6.48. The highest BCUT2D eigenvalue weighted by Crippen LogP contribution is 2.38. The molecule has 0 radical (unpaired) electrons. The maximum absolute atomic E-state index is 14.1. The maximum Gasteiger partial charge on any atom is 0.191 e. The molecule has 7 nitrogen and oxygen atoms in total. The number of hydrogen-bond acceptors (Lipinski definition) is 8. The smallest absolute Gasteiger partial charge is 0.191 e. The van der Waals surface area contributed by atoms with Crippen LogP contribution in [0, 0.1) is 5.82 Å². The van der Waals surface area contributed by atoms with Crippen molar-refractivity contribution in [1.82, 2.24) is 4.98 Å². The monoisotopic (exact) mass is 578 g/mol. The van der Waals surface area contributed by atoms with Gasteiger partial charge in [0.25, 0.3) is 0 Å². The number of nitrogens with one attached hydrogen (secondary N) is 1. The lowest BCUT2D eigenvalue weighted by Gasteiger charge is -2.23. The molecule has 2 atom stereocenters. The number of aliphatic hydroxyl groups excluding tert-OH is 1. The number of ether oxygens (including phenoxy) is 3. The number of anilines is 1. The number of rotatable bonds is 11. The van der Waals surface area contributed by atoms with Crippen molar-refractivity contribution in [1.29, 1.82) is 0 Å². The van der Waals surface area contributed by atoms with Gasteiger partial charge in [0.2, 0.25) is 0 Å². The lowest BCUT2D eigenvalue weighted by Crippen LogP contribution is -2.13. The Morgan fingerprint density at radius 2 is 1.76 bits per heavy atom. The van der Waals surface area contributed by atoms with Gasteiger partial charge >= 0.3 is 0 Å². The molecule has 0 amide bonds. The molecule has 0 aliphatic rings. The van der Waals surface area contributed by atoms with Crippen LogP contribution in [0.3, 0.4) is 0 Å². The highest BCUT2D eigenvalue weighted by atomic mass is 35.5. The molecule has 3 N–H and O–H groups in total. The van der Waals surface area contributed by atoms with Crippen molar-refractivity contribution < 1.29 is 28.8 Å². The van der Waals surface area contributed by atoms with E-state index in [1.165, 1.54) is 43.0 Å². The average molecular weight is 579 g/mol. The van der Waals surface area contributed by atoms with E-state index in [9.17, 15) is 14.6 Å². The second kappa shape index (κ2) is 12.6. The normalized spacial score (nSPS) is 12.7. The van der Waals surface area contributed by atoms with Crippen LogP contribution in [0.2, 0.25) is 10.0 Å². The molecule has 2 aromatic heterocycles. The summed E-state index contributed by atoms with van der Waals surface area (Å²) in [5.74, 6) is -0.0992. The van der Waals surface area contributed by atoms with Crippen molar-refractivity contribution >= 4 is 40.2 Å². The summed E-state index contributed by atoms with van der Waals surface area (Å²) < 4.78 is 31.0. The summed E-state index contributed by atoms with van der Waals surface area (Å²) in [6.07, 6.45) is 1.32. The van der Waals surface area contributed by atoms with Gasteiger partial charge in [0.15, 0.2) is 29.4 Å². The van der Waals surface area contributed by atoms with Gasteiger partial charge in [-0.2, -0.15) is 0 Å². The predicted molar refractivity (Wildman–Crippen MR) is 146 cm³/mol. The molecule has 4 rings (SSSR count). The number of phenolic OH excluding ortho intramolecular Hbond substituents is 1. The summed E-state index contributed by atoms with van der Waals surface area (Å²) in [7, 11) is 3.08. The third-order valence-corrected chi connectivity index (χ3v) is 7.54. The van der Waals surface area contributed by atoms with Crippen LogP contribution in [0.5, 0.6) is 17.2 Å². The zero-order valence-electron chi connectivity index (χ0n) is 20.5. The summed E-state index contributed by atoms with van der Waals surface area (Å²) in [6, 6.07) is 13.2. The summed E-state index contributed by atoms with van der Waals surface area (Å²) in [5.41, 5.74) is 1.51. The van der Waals surface area contributed by atoms with Crippen LogP contribution in [-0.4, -0.2) is 29.4 Å². The van der Waals surface area contributed by atoms with Crippen molar-refractivity contribution in [3.05, 3.63) is 97.7 Å². The van der Waals surface area contributed by atoms with Gasteiger partial charge < -0.3 is 29.7 Å². The van der Waals surface area contributed by atoms with Crippen LogP contribution >= 0.6 is 34.5 Å². The SMILES string of the molecule is COc1ccc([C@H](Cc2c(Cl)cncc2Cl)OC(O)c2ccc(CNc3cccc(O)c3F)s2)cc1OC. The van der Waals surface area contributed by atoms with Crippen LogP contribution in [0.15, 0.2) is 60.9 Å². The van der Waals surface area contributed by atoms with Crippen LogP contribution in [0.1, 0.15) is 33.3 Å². The van der Waals surface area contributed by atoms with Crippen molar-refractivity contribution in [2.45, 2.75) is 25.4 Å². The minimum Gasteiger partial charge on any atom is -0.505 e. The Bertz CT molecular complexity index is 1380. The van der Waals surface area contributed by atoms with E-state index >= 15 is 0 Å². The van der Waals surface area contributed by atoms with Gasteiger partial charge in [-0.15, -0.1) is 11.3 Å². The van der Waals surface area contributed by atoms with Crippen LogP contribution in [0.25, 0.3) is 0 Å². The Morgan fingerprint density at radius 3 is 2.47 bits per heavy atom. The van der Waals surface area contributed by atoms with E-state index in [2.05, 4.69) is 10.3 Å². The lowest BCUT2D eigenvalue weighted by molar-refractivity contribution is -0.139. The van der Waals surface area contributed by atoms with Crippen LogP contribution < -0.4 is 14.8 Å². The zero-order chi connectivity index (χ0) is 27.2. The minimum atomic E-state index is -1.27. The number of phenols is 1. The molecule has 38 heavy (non-hydrogen) atoms. The summed E-state index contributed by atoms with van der Waals surface area (Å²) in [5, 5.41) is 24.3. The third-order valence-electron chi connectivity index (χ3n) is 5.77. The summed E-state index contributed by atoms with van der Waals surface area (Å²) in [6.45, 7) is 0.291. The fraction of sp³-hybridized carbons (Fsp3) is 0.222. The Morgan fingerprint density at radius 1 is 1.03 bits per heavy atom. The van der Waals surface area contributed by atoms with Gasteiger partial charge in [-0.1, -0.05) is 35.3 Å². The second-order valence-electron chi connectivity index (χ2n) is 8.17. The second-order valence-corrected chi connectivity index (χ2v) is 10.2. The first kappa shape index (κ1) is 27.9. The van der Waals surface area contributed by atoms with E-state index in [1.54, 1.807) is 31.4 Å². The molecule has 2 aromatic carbocycles. The number of halogens is 3. The summed E-state index contributed by atoms with van der Waals surface area (Å²) in [4.78, 5) is 5.38. The number of pyridine rings is 1. The molecule has 0 aliphatic carbocycles. The molecular formula is C27H25Cl2FN2O5S. The first-order valence-corrected chi connectivity index (χ1v) is 13.0. The molecular weight excluding hydrogens is 554 g/mol. The Kier molecular flexibility index (Phi) is 9.30. The lowest BCUT2D eigenvalue weighted by atomic mass is 10.0. The number of thiophene rings is 1. The van der Waals surface area contributed by atoms with Gasteiger partial charge in [-0.3, -0.25) is 4.98 Å². The summed E-state index contributed by atoms with van der Waals surface area (Å²) >= 11 is 14.1. The quantitative estimate of drug-likeness (QED) is 0.166. The van der Waals surface area contributed by atoms with Gasteiger partial charge in [-0.05, 0) is 47.5 Å². The van der Waals surface area contributed by atoms with E-state index < -0.39 is 24.0 Å². The van der Waals surface area contributed by atoms with Crippen molar-refractivity contribution in [3.63, 3.8) is 0 Å². The first-order chi connectivity index (χ1) is 18.3. The molecule has 0 aliphatic heterocycles. The number of hydrogen-bond donors (Lipinski definition) is 3. The number of aromatic nitrogens is 1. The Hall–Kier alpha value is -3.08. The van der Waals surface area contributed by atoms with Gasteiger partial charge in [0, 0.05) is 30.2 Å². The van der Waals surface area contributed by atoms with Gasteiger partial charge in [0.1, 0.15) is 0 Å². The van der Waals surface area contributed by atoms with Crippen molar-refractivity contribution in [2.75, 3.05) is 19.5 Å². The minimum absolute atomic E-state index is 0.177. The fourth-order valence-corrected chi connectivity index (χ4v) is 5.19. The van der Waals surface area contributed by atoms with E-state index in [0.717, 1.165) is 4.88 Å². The molecule has 1 unspecified atom stereocenters. The Balaban J connectivity index is 1.55. The number of benzene rings is 2.